The molecular weight excluding hydrogens is 761 g/mol. The molecule has 296 valence electrons. The van der Waals surface area contributed by atoms with Crippen molar-refractivity contribution in [1.82, 2.24) is 9.13 Å². The summed E-state index contributed by atoms with van der Waals surface area (Å²) in [5, 5.41) is 4.98. The summed E-state index contributed by atoms with van der Waals surface area (Å²) < 4.78 is 4.81. The van der Waals surface area contributed by atoms with Crippen LogP contribution in [0.25, 0.3) is 77.2 Å². The molecule has 0 saturated carbocycles. The maximum absolute atomic E-state index is 2.43. The van der Waals surface area contributed by atoms with Crippen molar-refractivity contribution in [2.75, 3.05) is 0 Å². The predicted molar refractivity (Wildman–Crippen MR) is 264 cm³/mol. The van der Waals surface area contributed by atoms with E-state index in [4.69, 9.17) is 0 Å². The van der Waals surface area contributed by atoms with Gasteiger partial charge in [-0.25, -0.2) is 0 Å². The van der Waals surface area contributed by atoms with Gasteiger partial charge in [-0.05, 0) is 111 Å². The summed E-state index contributed by atoms with van der Waals surface area (Å²) in [4.78, 5) is 0. The van der Waals surface area contributed by atoms with E-state index in [-0.39, 0.29) is 0 Å². The first-order valence-corrected chi connectivity index (χ1v) is 21.8. The van der Waals surface area contributed by atoms with Crippen molar-refractivity contribution >= 4 is 43.6 Å². The Morgan fingerprint density at radius 3 is 1.11 bits per heavy atom. The van der Waals surface area contributed by atoms with Gasteiger partial charge in [0.2, 0.25) is 0 Å². The Labute approximate surface area is 367 Å². The van der Waals surface area contributed by atoms with Crippen LogP contribution in [0.15, 0.2) is 255 Å². The van der Waals surface area contributed by atoms with Crippen molar-refractivity contribution in [3.63, 3.8) is 0 Å². The molecule has 0 aliphatic carbocycles. The Hall–Kier alpha value is -8.20. The van der Waals surface area contributed by atoms with Crippen LogP contribution in [-0.2, 0) is 5.41 Å². The molecule has 0 atom stereocenters. The van der Waals surface area contributed by atoms with E-state index in [0.717, 1.165) is 5.69 Å². The van der Waals surface area contributed by atoms with E-state index >= 15 is 0 Å². The monoisotopic (exact) mass is 802 g/mol. The highest BCUT2D eigenvalue weighted by atomic mass is 15.0. The average Bonchev–Trinajstić information content (AvgIpc) is 3.88. The lowest BCUT2D eigenvalue weighted by Gasteiger charge is -2.37. The highest BCUT2D eigenvalue weighted by Gasteiger charge is 2.38. The minimum atomic E-state index is -0.522. The van der Waals surface area contributed by atoms with Crippen LogP contribution >= 0.6 is 0 Å². The summed E-state index contributed by atoms with van der Waals surface area (Å²) in [6.45, 7) is 0. The van der Waals surface area contributed by atoms with Crippen LogP contribution in [0.5, 0.6) is 0 Å². The molecule has 10 aromatic carbocycles. The van der Waals surface area contributed by atoms with Crippen molar-refractivity contribution in [2.24, 2.45) is 0 Å². The van der Waals surface area contributed by atoms with E-state index in [1.165, 1.54) is 93.8 Å². The lowest BCUT2D eigenvalue weighted by Crippen LogP contribution is -2.31. The van der Waals surface area contributed by atoms with E-state index in [9.17, 15) is 0 Å². The molecule has 0 radical (unpaired) electrons. The normalized spacial score (nSPS) is 11.8. The third kappa shape index (κ3) is 5.95. The first-order chi connectivity index (χ1) is 31.3. The summed E-state index contributed by atoms with van der Waals surface area (Å²) in [5.41, 5.74) is 16.2. The van der Waals surface area contributed by atoms with Gasteiger partial charge in [0.25, 0.3) is 0 Å². The molecule has 0 saturated heterocycles. The molecule has 0 aliphatic heterocycles. The van der Waals surface area contributed by atoms with Crippen LogP contribution in [-0.4, -0.2) is 9.13 Å². The smallest absolute Gasteiger partial charge is 0.0701 e. The largest absolute Gasteiger partial charge is 0.309 e. The second-order valence-corrected chi connectivity index (χ2v) is 16.5. The quantitative estimate of drug-likeness (QED) is 0.135. The van der Waals surface area contributed by atoms with E-state index < -0.39 is 5.41 Å². The Kier molecular flexibility index (Phi) is 8.76. The van der Waals surface area contributed by atoms with Gasteiger partial charge in [-0.2, -0.15) is 0 Å². The highest BCUT2D eigenvalue weighted by molar-refractivity contribution is 6.12. The lowest BCUT2D eigenvalue weighted by molar-refractivity contribution is 0.745. The van der Waals surface area contributed by atoms with E-state index in [0.29, 0.717) is 0 Å². The van der Waals surface area contributed by atoms with Gasteiger partial charge in [-0.1, -0.05) is 188 Å². The van der Waals surface area contributed by atoms with Gasteiger partial charge in [0.05, 0.1) is 27.5 Å². The molecule has 2 heteroatoms. The maximum atomic E-state index is 2.43. The van der Waals surface area contributed by atoms with Gasteiger partial charge in [-0.15, -0.1) is 0 Å². The summed E-state index contributed by atoms with van der Waals surface area (Å²) >= 11 is 0. The molecule has 2 heterocycles. The zero-order valence-corrected chi connectivity index (χ0v) is 34.6. The number of nitrogens with zero attached hydrogens (tertiary/aromatic N) is 2. The SMILES string of the molecule is c1ccc(-n2c3ccccc3c3cc(-c4ccc5c(c4)c4ccccc4n5-c4cccc(-c5cccc(C(c6ccccc6)(c6ccccc6)c6ccccc6)c5)c4)ccc32)cc1. The number of aromatic nitrogens is 2. The summed E-state index contributed by atoms with van der Waals surface area (Å²) in [7, 11) is 0. The number of hydrogen-bond donors (Lipinski definition) is 0. The third-order valence-electron chi connectivity index (χ3n) is 13.0. The molecule has 0 N–H and O–H groups in total. The van der Waals surface area contributed by atoms with Crippen molar-refractivity contribution in [3.8, 4) is 33.6 Å². The van der Waals surface area contributed by atoms with Crippen LogP contribution in [0.3, 0.4) is 0 Å². The second-order valence-electron chi connectivity index (χ2n) is 16.5. The zero-order valence-electron chi connectivity index (χ0n) is 34.6. The fourth-order valence-corrected chi connectivity index (χ4v) is 10.3. The Morgan fingerprint density at radius 2 is 0.587 bits per heavy atom. The Bertz CT molecular complexity index is 3500. The first kappa shape index (κ1) is 36.6. The highest BCUT2D eigenvalue weighted by Crippen LogP contribution is 2.46. The van der Waals surface area contributed by atoms with E-state index in [1.807, 2.05) is 0 Å². The number of benzene rings is 10. The number of fused-ring (bicyclic) bond motifs is 6. The molecule has 0 amide bonds. The molecule has 12 aromatic rings. The van der Waals surface area contributed by atoms with Crippen molar-refractivity contribution in [3.05, 3.63) is 277 Å². The maximum Gasteiger partial charge on any atom is 0.0701 e. The molecule has 12 rings (SSSR count). The van der Waals surface area contributed by atoms with E-state index in [1.54, 1.807) is 0 Å². The second kappa shape index (κ2) is 15.1. The predicted octanol–water partition coefficient (Wildman–Crippen LogP) is 15.6. The van der Waals surface area contributed by atoms with Gasteiger partial charge in [0, 0.05) is 32.9 Å². The minimum Gasteiger partial charge on any atom is -0.309 e. The number of rotatable bonds is 8. The molecule has 2 nitrogen and oxygen atoms in total. The molecule has 63 heavy (non-hydrogen) atoms. The van der Waals surface area contributed by atoms with Crippen molar-refractivity contribution in [1.29, 1.82) is 0 Å². The van der Waals surface area contributed by atoms with E-state index in [2.05, 4.69) is 264 Å². The molecule has 0 aliphatic rings. The molecule has 0 fully saturated rings. The van der Waals surface area contributed by atoms with Crippen LogP contribution < -0.4 is 0 Å². The third-order valence-corrected chi connectivity index (χ3v) is 13.0. The van der Waals surface area contributed by atoms with Gasteiger partial charge >= 0.3 is 0 Å². The first-order valence-electron chi connectivity index (χ1n) is 21.8. The van der Waals surface area contributed by atoms with Gasteiger partial charge in [-0.3, -0.25) is 0 Å². The average molecular weight is 803 g/mol. The topological polar surface area (TPSA) is 9.86 Å². The van der Waals surface area contributed by atoms with Crippen LogP contribution in [0.2, 0.25) is 0 Å². The minimum absolute atomic E-state index is 0.522. The zero-order chi connectivity index (χ0) is 41.7. The van der Waals surface area contributed by atoms with Gasteiger partial charge in [0.15, 0.2) is 0 Å². The summed E-state index contributed by atoms with van der Waals surface area (Å²) in [5.74, 6) is 0. The summed E-state index contributed by atoms with van der Waals surface area (Å²) in [6, 6.07) is 93.2. The fourth-order valence-electron chi connectivity index (χ4n) is 10.3. The van der Waals surface area contributed by atoms with Crippen LogP contribution in [0.4, 0.5) is 0 Å². The number of para-hydroxylation sites is 3. The molecule has 0 spiro atoms. The standard InChI is InChI=1S/C61H42N2/c1-5-21-47(22-6-1)61(48-23-7-2-8-24-48,49-25-9-3-10-26-49)50-27-17-19-43(39-50)44-20-18-30-52(40-44)63-58-34-16-14-32-54(58)56-42-46(36-38-60(56)63)45-35-37-59-55(41-45)53-31-13-15-33-57(53)62(59)51-28-11-4-12-29-51/h1-42H. The van der Waals surface area contributed by atoms with Gasteiger partial charge < -0.3 is 9.13 Å². The molecular formula is C61H42N2. The number of hydrogen-bond acceptors (Lipinski definition) is 0. The van der Waals surface area contributed by atoms with Gasteiger partial charge in [0.1, 0.15) is 0 Å². The Morgan fingerprint density at radius 1 is 0.222 bits per heavy atom. The van der Waals surface area contributed by atoms with Crippen molar-refractivity contribution < 1.29 is 0 Å². The lowest BCUT2D eigenvalue weighted by atomic mass is 9.65. The van der Waals surface area contributed by atoms with Crippen molar-refractivity contribution in [2.45, 2.75) is 5.41 Å². The molecule has 0 unspecified atom stereocenters. The summed E-state index contributed by atoms with van der Waals surface area (Å²) in [6.07, 6.45) is 0. The van der Waals surface area contributed by atoms with Crippen LogP contribution in [0, 0.1) is 0 Å². The van der Waals surface area contributed by atoms with Crippen LogP contribution in [0.1, 0.15) is 22.3 Å². The molecule has 2 aromatic heterocycles. The Balaban J connectivity index is 0.985. The molecule has 0 bridgehead atoms. The fraction of sp³-hybridized carbons (Fsp3) is 0.0164.